The molecule has 1 fully saturated rings. The molecule has 0 spiro atoms. The highest BCUT2D eigenvalue weighted by atomic mass is 79.9. The van der Waals surface area contributed by atoms with Gasteiger partial charge in [-0.25, -0.2) is 0 Å². The predicted molar refractivity (Wildman–Crippen MR) is 49.5 cm³/mol. The fraction of sp³-hybridized carbons (Fsp3) is 1.00. The highest BCUT2D eigenvalue weighted by Crippen LogP contribution is 2.16. The van der Waals surface area contributed by atoms with E-state index in [9.17, 15) is 0 Å². The van der Waals surface area contributed by atoms with Gasteiger partial charge in [0.2, 0.25) is 0 Å². The lowest BCUT2D eigenvalue weighted by Crippen LogP contribution is -3.00. The number of unbranched alkanes of at least 4 members (excludes halogenated alkanes) is 1. The normalized spacial score (nSPS) is 21.5. The van der Waals surface area contributed by atoms with E-state index in [1.54, 1.807) is 0 Å². The van der Waals surface area contributed by atoms with Crippen molar-refractivity contribution in [2.45, 2.75) is 39.0 Å². The van der Waals surface area contributed by atoms with E-state index in [0.717, 1.165) is 0 Å². The Labute approximate surface area is 87.5 Å². The molecule has 0 saturated carbocycles. The summed E-state index contributed by atoms with van der Waals surface area (Å²) in [7, 11) is 2.43. The van der Waals surface area contributed by atoms with Gasteiger partial charge in [0.25, 0.3) is 0 Å². The van der Waals surface area contributed by atoms with Crippen LogP contribution in [0.5, 0.6) is 0 Å². The zero-order valence-electron chi connectivity index (χ0n) is 8.48. The predicted octanol–water partition coefficient (Wildman–Crippen LogP) is -0.579. The summed E-state index contributed by atoms with van der Waals surface area (Å²) in [5.74, 6) is 0. The summed E-state index contributed by atoms with van der Waals surface area (Å²) in [5.41, 5.74) is 0. The minimum Gasteiger partial charge on any atom is -1.00 e. The Hall–Kier alpha value is 0.440. The first kappa shape index (κ1) is 12.4. The number of nitrogens with zero attached hydrogens (tertiary/aromatic N) is 1. The summed E-state index contributed by atoms with van der Waals surface area (Å²) in [6.45, 7) is 6.56. The van der Waals surface area contributed by atoms with Crippen LogP contribution in [0.4, 0.5) is 0 Å². The smallest absolute Gasteiger partial charge is 0.0784 e. The van der Waals surface area contributed by atoms with Gasteiger partial charge in [-0.05, 0) is 25.7 Å². The molecule has 1 saturated heterocycles. The summed E-state index contributed by atoms with van der Waals surface area (Å²) in [4.78, 5) is 0. The molecule has 0 aromatic rings. The van der Waals surface area contributed by atoms with Crippen molar-refractivity contribution in [1.82, 2.24) is 0 Å². The topological polar surface area (TPSA) is 0 Å². The van der Waals surface area contributed by atoms with E-state index in [2.05, 4.69) is 14.0 Å². The first-order valence-corrected chi connectivity index (χ1v) is 5.10. The first-order chi connectivity index (χ1) is 5.27. The van der Waals surface area contributed by atoms with Crippen molar-refractivity contribution in [2.75, 3.05) is 26.7 Å². The number of hydrogen-bond acceptors (Lipinski definition) is 0. The maximum absolute atomic E-state index is 2.43. The molecule has 0 aliphatic carbocycles. The summed E-state index contributed by atoms with van der Waals surface area (Å²) in [6, 6.07) is 0. The van der Waals surface area contributed by atoms with Gasteiger partial charge in [-0.3, -0.25) is 0 Å². The molecule has 0 aromatic heterocycles. The minimum absolute atomic E-state index is 0. The van der Waals surface area contributed by atoms with Crippen molar-refractivity contribution in [1.29, 1.82) is 0 Å². The molecule has 0 radical (unpaired) electrons. The zero-order valence-corrected chi connectivity index (χ0v) is 10.1. The molecule has 74 valence electrons. The third-order valence-corrected chi connectivity index (χ3v) is 2.95. The van der Waals surface area contributed by atoms with Crippen molar-refractivity contribution in [3.8, 4) is 0 Å². The average Bonchev–Trinajstić information content (AvgIpc) is 2.03. The number of piperidine rings is 1. The molecule has 0 aromatic carbocycles. The van der Waals surface area contributed by atoms with Gasteiger partial charge in [-0.15, -0.1) is 0 Å². The zero-order chi connectivity index (χ0) is 8.16. The molecule has 1 aliphatic rings. The van der Waals surface area contributed by atoms with Gasteiger partial charge >= 0.3 is 0 Å². The third kappa shape index (κ3) is 3.90. The number of likely N-dealkylation sites (tertiary alicyclic amines) is 1. The van der Waals surface area contributed by atoms with Crippen LogP contribution in [0.15, 0.2) is 0 Å². The Balaban J connectivity index is 0.00000121. The first-order valence-electron chi connectivity index (χ1n) is 5.10. The van der Waals surface area contributed by atoms with E-state index in [-0.39, 0.29) is 17.0 Å². The molecule has 0 amide bonds. The summed E-state index contributed by atoms with van der Waals surface area (Å²) in [6.07, 6.45) is 7.16. The lowest BCUT2D eigenvalue weighted by atomic mass is 10.1. The lowest BCUT2D eigenvalue weighted by molar-refractivity contribution is -0.914. The van der Waals surface area contributed by atoms with Crippen LogP contribution in [0.25, 0.3) is 0 Å². The Kier molecular flexibility index (Phi) is 6.20. The van der Waals surface area contributed by atoms with E-state index in [1.165, 1.54) is 56.2 Å². The Morgan fingerprint density at radius 1 is 1.08 bits per heavy atom. The molecule has 1 nitrogen and oxygen atoms in total. The van der Waals surface area contributed by atoms with Crippen LogP contribution in [0.3, 0.4) is 0 Å². The second-order valence-corrected chi connectivity index (χ2v) is 4.20. The van der Waals surface area contributed by atoms with Gasteiger partial charge in [-0.1, -0.05) is 13.3 Å². The third-order valence-electron chi connectivity index (χ3n) is 2.95. The Morgan fingerprint density at radius 2 is 1.67 bits per heavy atom. The van der Waals surface area contributed by atoms with Crippen molar-refractivity contribution >= 4 is 0 Å². The van der Waals surface area contributed by atoms with E-state index in [4.69, 9.17) is 0 Å². The lowest BCUT2D eigenvalue weighted by Gasteiger charge is -2.37. The van der Waals surface area contributed by atoms with Crippen LogP contribution < -0.4 is 17.0 Å². The van der Waals surface area contributed by atoms with Gasteiger partial charge in [0.05, 0.1) is 26.7 Å². The average molecular weight is 236 g/mol. The molecular weight excluding hydrogens is 214 g/mol. The van der Waals surface area contributed by atoms with Gasteiger partial charge in [0.15, 0.2) is 0 Å². The SMILES string of the molecule is CCCC[N+]1(C)CCCCC1.[Br-]. The van der Waals surface area contributed by atoms with Crippen molar-refractivity contribution in [3.63, 3.8) is 0 Å². The minimum atomic E-state index is 0. The van der Waals surface area contributed by atoms with Crippen LogP contribution >= 0.6 is 0 Å². The highest BCUT2D eigenvalue weighted by Gasteiger charge is 2.23. The quantitative estimate of drug-likeness (QED) is 0.575. The Morgan fingerprint density at radius 3 is 2.17 bits per heavy atom. The molecule has 1 heterocycles. The second kappa shape index (κ2) is 5.98. The van der Waals surface area contributed by atoms with E-state index >= 15 is 0 Å². The van der Waals surface area contributed by atoms with E-state index in [1.807, 2.05) is 0 Å². The van der Waals surface area contributed by atoms with Gasteiger partial charge in [0, 0.05) is 0 Å². The molecular formula is C10H22BrN. The van der Waals surface area contributed by atoms with Crippen LogP contribution in [-0.4, -0.2) is 31.2 Å². The van der Waals surface area contributed by atoms with Gasteiger partial charge in [-0.2, -0.15) is 0 Å². The van der Waals surface area contributed by atoms with E-state index in [0.29, 0.717) is 0 Å². The maximum atomic E-state index is 2.43. The number of hydrogen-bond donors (Lipinski definition) is 0. The largest absolute Gasteiger partial charge is 1.00 e. The van der Waals surface area contributed by atoms with Crippen LogP contribution in [0.1, 0.15) is 39.0 Å². The Bertz CT molecular complexity index is 108. The summed E-state index contributed by atoms with van der Waals surface area (Å²) < 4.78 is 1.36. The molecule has 12 heavy (non-hydrogen) atoms. The number of halogens is 1. The maximum Gasteiger partial charge on any atom is 0.0784 e. The number of rotatable bonds is 3. The van der Waals surface area contributed by atoms with Crippen molar-refractivity contribution in [3.05, 3.63) is 0 Å². The molecule has 2 heteroatoms. The van der Waals surface area contributed by atoms with Crippen molar-refractivity contribution in [2.24, 2.45) is 0 Å². The molecule has 0 atom stereocenters. The van der Waals surface area contributed by atoms with Crippen LogP contribution in [0.2, 0.25) is 0 Å². The molecule has 1 rings (SSSR count). The van der Waals surface area contributed by atoms with E-state index < -0.39 is 0 Å². The summed E-state index contributed by atoms with van der Waals surface area (Å²) in [5, 5.41) is 0. The van der Waals surface area contributed by atoms with Crippen LogP contribution in [-0.2, 0) is 0 Å². The number of quaternary nitrogens is 1. The van der Waals surface area contributed by atoms with Gasteiger partial charge in [0.1, 0.15) is 0 Å². The van der Waals surface area contributed by atoms with Gasteiger partial charge < -0.3 is 21.5 Å². The molecule has 0 bridgehead atoms. The van der Waals surface area contributed by atoms with Crippen molar-refractivity contribution < 1.29 is 21.5 Å². The highest BCUT2D eigenvalue weighted by molar-refractivity contribution is 4.51. The molecule has 0 unspecified atom stereocenters. The second-order valence-electron chi connectivity index (χ2n) is 4.20. The molecule has 1 aliphatic heterocycles. The molecule has 0 N–H and O–H groups in total. The fourth-order valence-corrected chi connectivity index (χ4v) is 2.04. The standard InChI is InChI=1S/C10H22N.BrH/c1-3-4-8-11(2)9-6-5-7-10-11;/h3-10H2,1-2H3;1H/q+1;/p-1. The van der Waals surface area contributed by atoms with Crippen LogP contribution in [0, 0.1) is 0 Å². The fourth-order valence-electron chi connectivity index (χ4n) is 2.04. The summed E-state index contributed by atoms with van der Waals surface area (Å²) >= 11 is 0. The monoisotopic (exact) mass is 235 g/mol.